The number of carbonyl (C=O) groups excluding carboxylic acids is 1. The van der Waals surface area contributed by atoms with Gasteiger partial charge in [0.2, 0.25) is 0 Å². The molecule has 0 saturated carbocycles. The third-order valence-electron chi connectivity index (χ3n) is 2.53. The van der Waals surface area contributed by atoms with Crippen LogP contribution in [0.1, 0.15) is 15.9 Å². The van der Waals surface area contributed by atoms with E-state index in [-0.39, 0.29) is 16.3 Å². The van der Waals surface area contributed by atoms with Gasteiger partial charge in [0.25, 0.3) is 5.91 Å². The molecule has 0 spiro atoms. The molecule has 0 aliphatic rings. The smallest absolute Gasteiger partial charge is 0.271 e. The van der Waals surface area contributed by atoms with Crippen LogP contribution in [0.3, 0.4) is 0 Å². The maximum absolute atomic E-state index is 12.7. The molecular formula is C14H9BrClFN2O2. The van der Waals surface area contributed by atoms with Crippen molar-refractivity contribution in [3.8, 4) is 5.75 Å². The SMILES string of the molecule is O=C(N/N=C\c1cc(Br)cc(Cl)c1O)c1ccc(F)cc1. The predicted molar refractivity (Wildman–Crippen MR) is 82.3 cm³/mol. The summed E-state index contributed by atoms with van der Waals surface area (Å²) in [6.07, 6.45) is 1.26. The number of amides is 1. The maximum atomic E-state index is 12.7. The molecule has 0 radical (unpaired) electrons. The molecule has 0 aromatic heterocycles. The fourth-order valence-corrected chi connectivity index (χ4v) is 2.34. The Morgan fingerprint density at radius 1 is 1.33 bits per heavy atom. The Morgan fingerprint density at radius 3 is 2.67 bits per heavy atom. The molecule has 2 aromatic rings. The molecule has 0 unspecified atom stereocenters. The Bertz CT molecular complexity index is 705. The molecule has 0 aliphatic carbocycles. The van der Waals surface area contributed by atoms with Crippen LogP contribution in [0.25, 0.3) is 0 Å². The summed E-state index contributed by atoms with van der Waals surface area (Å²) >= 11 is 9.04. The Morgan fingerprint density at radius 2 is 2.00 bits per heavy atom. The van der Waals surface area contributed by atoms with Crippen LogP contribution < -0.4 is 5.43 Å². The molecule has 0 fully saturated rings. The molecule has 2 aromatic carbocycles. The molecule has 0 heterocycles. The lowest BCUT2D eigenvalue weighted by Crippen LogP contribution is -2.17. The second-order valence-electron chi connectivity index (χ2n) is 4.03. The first-order valence-electron chi connectivity index (χ1n) is 5.74. The number of phenolic OH excluding ortho intramolecular Hbond substituents is 1. The average Bonchev–Trinajstić information content (AvgIpc) is 2.44. The third-order valence-corrected chi connectivity index (χ3v) is 3.28. The number of aromatic hydroxyl groups is 1. The lowest BCUT2D eigenvalue weighted by molar-refractivity contribution is 0.0955. The van der Waals surface area contributed by atoms with E-state index in [2.05, 4.69) is 26.5 Å². The molecule has 0 saturated heterocycles. The van der Waals surface area contributed by atoms with Crippen molar-refractivity contribution in [2.24, 2.45) is 5.10 Å². The van der Waals surface area contributed by atoms with Crippen molar-refractivity contribution in [2.75, 3.05) is 0 Å². The largest absolute Gasteiger partial charge is 0.506 e. The van der Waals surface area contributed by atoms with Gasteiger partial charge >= 0.3 is 0 Å². The summed E-state index contributed by atoms with van der Waals surface area (Å²) in [6.45, 7) is 0. The molecule has 7 heteroatoms. The van der Waals surface area contributed by atoms with Crippen LogP contribution >= 0.6 is 27.5 Å². The average molecular weight is 372 g/mol. The van der Waals surface area contributed by atoms with Gasteiger partial charge in [-0.3, -0.25) is 4.79 Å². The highest BCUT2D eigenvalue weighted by molar-refractivity contribution is 9.10. The number of hydrogen-bond donors (Lipinski definition) is 2. The van der Waals surface area contributed by atoms with Crippen molar-refractivity contribution in [2.45, 2.75) is 0 Å². The zero-order chi connectivity index (χ0) is 15.4. The molecule has 21 heavy (non-hydrogen) atoms. The monoisotopic (exact) mass is 370 g/mol. The van der Waals surface area contributed by atoms with Crippen molar-refractivity contribution < 1.29 is 14.3 Å². The number of hydrazone groups is 1. The Kier molecular flexibility index (Phi) is 4.93. The summed E-state index contributed by atoms with van der Waals surface area (Å²) in [7, 11) is 0. The highest BCUT2D eigenvalue weighted by Gasteiger charge is 2.07. The molecule has 2 rings (SSSR count). The highest BCUT2D eigenvalue weighted by Crippen LogP contribution is 2.30. The lowest BCUT2D eigenvalue weighted by Gasteiger charge is -2.03. The molecule has 1 amide bonds. The van der Waals surface area contributed by atoms with E-state index in [0.717, 1.165) is 0 Å². The number of nitrogens with zero attached hydrogens (tertiary/aromatic N) is 1. The topological polar surface area (TPSA) is 61.7 Å². The number of phenols is 1. The normalized spacial score (nSPS) is 10.8. The lowest BCUT2D eigenvalue weighted by atomic mass is 10.2. The van der Waals surface area contributed by atoms with E-state index < -0.39 is 11.7 Å². The van der Waals surface area contributed by atoms with Crippen LogP contribution in [0, 0.1) is 5.82 Å². The Labute approximate surface area is 133 Å². The standard InChI is InChI=1S/C14H9BrClFN2O2/c15-10-5-9(13(20)12(16)6-10)7-18-19-14(21)8-1-3-11(17)4-2-8/h1-7,20H,(H,19,21)/b18-7-. The first-order chi connectivity index (χ1) is 9.97. The minimum absolute atomic E-state index is 0.139. The van der Waals surface area contributed by atoms with E-state index in [1.165, 1.54) is 36.5 Å². The van der Waals surface area contributed by atoms with Crippen LogP contribution in [-0.4, -0.2) is 17.2 Å². The van der Waals surface area contributed by atoms with Gasteiger partial charge in [-0.05, 0) is 36.4 Å². The van der Waals surface area contributed by atoms with Crippen LogP contribution in [0.5, 0.6) is 5.75 Å². The zero-order valence-electron chi connectivity index (χ0n) is 10.5. The van der Waals surface area contributed by atoms with Gasteiger partial charge < -0.3 is 5.11 Å². The number of halogens is 3. The summed E-state index contributed by atoms with van der Waals surface area (Å²) in [4.78, 5) is 11.7. The Balaban J connectivity index is 2.09. The molecule has 0 bridgehead atoms. The van der Waals surface area contributed by atoms with E-state index >= 15 is 0 Å². The van der Waals surface area contributed by atoms with Crippen molar-refractivity contribution in [3.05, 3.63) is 62.8 Å². The summed E-state index contributed by atoms with van der Waals surface area (Å²) in [5.41, 5.74) is 2.88. The van der Waals surface area contributed by atoms with Crippen LogP contribution in [-0.2, 0) is 0 Å². The molecule has 108 valence electrons. The molecule has 0 aliphatic heterocycles. The van der Waals surface area contributed by atoms with Gasteiger partial charge in [-0.1, -0.05) is 27.5 Å². The van der Waals surface area contributed by atoms with E-state index in [1.807, 2.05) is 0 Å². The van der Waals surface area contributed by atoms with Crippen molar-refractivity contribution in [1.82, 2.24) is 5.43 Å². The first kappa shape index (κ1) is 15.5. The highest BCUT2D eigenvalue weighted by atomic mass is 79.9. The van der Waals surface area contributed by atoms with Crippen molar-refractivity contribution in [1.29, 1.82) is 0 Å². The second-order valence-corrected chi connectivity index (χ2v) is 5.35. The number of hydrogen-bond acceptors (Lipinski definition) is 3. The summed E-state index contributed by atoms with van der Waals surface area (Å²) in [6, 6.07) is 8.17. The van der Waals surface area contributed by atoms with E-state index in [1.54, 1.807) is 6.07 Å². The van der Waals surface area contributed by atoms with Crippen LogP contribution in [0.2, 0.25) is 5.02 Å². The van der Waals surface area contributed by atoms with Crippen LogP contribution in [0.4, 0.5) is 4.39 Å². The number of rotatable bonds is 3. The fraction of sp³-hybridized carbons (Fsp3) is 0. The maximum Gasteiger partial charge on any atom is 0.271 e. The van der Waals surface area contributed by atoms with Gasteiger partial charge in [0.15, 0.2) is 0 Å². The van der Waals surface area contributed by atoms with Gasteiger partial charge in [0.05, 0.1) is 11.2 Å². The fourth-order valence-electron chi connectivity index (χ4n) is 1.51. The minimum Gasteiger partial charge on any atom is -0.506 e. The van der Waals surface area contributed by atoms with Gasteiger partial charge in [-0.2, -0.15) is 5.10 Å². The van der Waals surface area contributed by atoms with Gasteiger partial charge in [-0.15, -0.1) is 0 Å². The number of nitrogens with one attached hydrogen (secondary N) is 1. The summed E-state index contributed by atoms with van der Waals surface area (Å²) < 4.78 is 13.4. The minimum atomic E-state index is -0.494. The quantitative estimate of drug-likeness (QED) is 0.638. The first-order valence-corrected chi connectivity index (χ1v) is 6.91. The van der Waals surface area contributed by atoms with Crippen molar-refractivity contribution >= 4 is 39.7 Å². The predicted octanol–water partition coefficient (Wildman–Crippen LogP) is 3.71. The molecule has 4 nitrogen and oxygen atoms in total. The van der Waals surface area contributed by atoms with Gasteiger partial charge in [0.1, 0.15) is 11.6 Å². The van der Waals surface area contributed by atoms with E-state index in [9.17, 15) is 14.3 Å². The van der Waals surface area contributed by atoms with Crippen LogP contribution in [0.15, 0.2) is 46.0 Å². The third kappa shape index (κ3) is 4.03. The summed E-state index contributed by atoms with van der Waals surface area (Å²) in [5, 5.41) is 13.6. The van der Waals surface area contributed by atoms with E-state index in [0.29, 0.717) is 10.0 Å². The van der Waals surface area contributed by atoms with Gasteiger partial charge in [-0.25, -0.2) is 9.82 Å². The van der Waals surface area contributed by atoms with Crippen molar-refractivity contribution in [3.63, 3.8) is 0 Å². The molecule has 2 N–H and O–H groups in total. The number of carbonyl (C=O) groups is 1. The molecule has 0 atom stereocenters. The second kappa shape index (κ2) is 6.69. The van der Waals surface area contributed by atoms with E-state index in [4.69, 9.17) is 11.6 Å². The Hall–Kier alpha value is -1.92. The van der Waals surface area contributed by atoms with Gasteiger partial charge in [0, 0.05) is 15.6 Å². The zero-order valence-corrected chi connectivity index (χ0v) is 12.8. The number of benzene rings is 2. The molecular weight excluding hydrogens is 363 g/mol. The summed E-state index contributed by atoms with van der Waals surface area (Å²) in [5.74, 6) is -1.06.